The number of hydrogen-bond donors (Lipinski definition) is 1. The number of rotatable bonds is 1. The molecule has 0 aliphatic carbocycles. The van der Waals surface area contributed by atoms with Crippen molar-refractivity contribution in [3.63, 3.8) is 0 Å². The lowest BCUT2D eigenvalue weighted by atomic mass is 11.9. The van der Waals surface area contributed by atoms with E-state index in [4.69, 9.17) is 39.4 Å². The molecule has 0 spiro atoms. The van der Waals surface area contributed by atoms with Gasteiger partial charge < -0.3 is 0 Å². The molecule has 0 amide bonds. The third kappa shape index (κ3) is 35.9. The van der Waals surface area contributed by atoms with Crippen LogP contribution in [-0.4, -0.2) is 17.3 Å². The van der Waals surface area contributed by atoms with Crippen molar-refractivity contribution < 1.29 is 16.7 Å². The van der Waals surface area contributed by atoms with Gasteiger partial charge >= 0.3 is 10.4 Å². The lowest BCUT2D eigenvalue weighted by Gasteiger charge is -1.77. The van der Waals surface area contributed by atoms with E-state index in [1.807, 2.05) is 0 Å². The minimum atomic E-state index is -4.40. The van der Waals surface area contributed by atoms with Crippen molar-refractivity contribution >= 4 is 57.1 Å². The van der Waals surface area contributed by atoms with Gasteiger partial charge in [-0.1, -0.05) is 34.8 Å². The molecule has 10 heavy (non-hydrogen) atoms. The molecule has 0 aromatic carbocycles. The van der Waals surface area contributed by atoms with Crippen molar-refractivity contribution in [2.75, 3.05) is 0 Å². The van der Waals surface area contributed by atoms with Crippen LogP contribution in [0.2, 0.25) is 0 Å². The van der Waals surface area contributed by atoms with Crippen LogP contribution >= 0.6 is 46.7 Å². The normalized spacial score (nSPS) is 10.6. The van der Waals surface area contributed by atoms with Crippen molar-refractivity contribution in [2.45, 2.75) is 4.30 Å². The van der Waals surface area contributed by atoms with Gasteiger partial charge in [0.15, 0.2) is 4.30 Å². The van der Waals surface area contributed by atoms with Crippen LogP contribution in [0, 0.1) is 0 Å². The Labute approximate surface area is 78.1 Å². The molecule has 0 rings (SSSR count). The van der Waals surface area contributed by atoms with Crippen molar-refractivity contribution in [3.8, 4) is 0 Å². The highest BCUT2D eigenvalue weighted by molar-refractivity contribution is 7.81. The zero-order valence-electron chi connectivity index (χ0n) is 4.17. The smallest absolute Gasteiger partial charge is 0.263 e. The van der Waals surface area contributed by atoms with E-state index in [2.05, 4.69) is 15.6 Å². The van der Waals surface area contributed by atoms with Gasteiger partial charge in [0.05, 0.1) is 11.9 Å². The van der Waals surface area contributed by atoms with E-state index < -0.39 is 14.7 Å². The summed E-state index contributed by atoms with van der Waals surface area (Å²) in [5.41, 5.74) is 0. The van der Waals surface area contributed by atoms with E-state index >= 15 is 0 Å². The Morgan fingerprint density at radius 1 is 1.30 bits per heavy atom. The standard InChI is InChI=1S/CHCl3.ClHO4S/c2-1(3)4;1-5-6(2,3)4/h1H;(H,2,3,4). The third-order valence-electron chi connectivity index (χ3n) is 0.0796. The maximum absolute atomic E-state index is 9.20. The summed E-state index contributed by atoms with van der Waals surface area (Å²) >= 11 is 18.6. The van der Waals surface area contributed by atoms with Gasteiger partial charge in [-0.3, -0.25) is 4.55 Å². The van der Waals surface area contributed by atoms with Gasteiger partial charge in [0.25, 0.3) is 0 Å². The largest absolute Gasteiger partial charge is 0.413 e. The summed E-state index contributed by atoms with van der Waals surface area (Å²) in [7, 11) is -4.40. The first-order valence-corrected chi connectivity index (χ1v) is 4.47. The Kier molecular flexibility index (Phi) is 9.15. The van der Waals surface area contributed by atoms with Crippen molar-refractivity contribution in [2.24, 2.45) is 0 Å². The number of hydrogen-bond acceptors (Lipinski definition) is 3. The van der Waals surface area contributed by atoms with Crippen LogP contribution < -0.4 is 0 Å². The predicted molar refractivity (Wildman–Crippen MR) is 39.8 cm³/mol. The Balaban J connectivity index is 0. The van der Waals surface area contributed by atoms with Crippen LogP contribution in [0.1, 0.15) is 0 Å². The first-order valence-electron chi connectivity index (χ1n) is 1.49. The zero-order chi connectivity index (χ0) is 8.78. The minimum absolute atomic E-state index is 0.750. The summed E-state index contributed by atoms with van der Waals surface area (Å²) in [6, 6.07) is 0. The number of alkyl halides is 3. The molecule has 0 aromatic heterocycles. The molecule has 9 heteroatoms. The van der Waals surface area contributed by atoms with Gasteiger partial charge in [0.1, 0.15) is 0 Å². The predicted octanol–water partition coefficient (Wildman–Crippen LogP) is 1.95. The molecule has 0 saturated heterocycles. The monoisotopic (exact) mass is 250 g/mol. The third-order valence-corrected chi connectivity index (χ3v) is 0.716. The zero-order valence-corrected chi connectivity index (χ0v) is 8.01. The minimum Gasteiger partial charge on any atom is -0.263 e. The van der Waals surface area contributed by atoms with Gasteiger partial charge in [-0.2, -0.15) is 8.42 Å². The second kappa shape index (κ2) is 6.72. The highest BCUT2D eigenvalue weighted by Gasteiger charge is 1.97. The molecule has 0 aliphatic rings. The fourth-order valence-corrected chi connectivity index (χ4v) is 0. The second-order valence-corrected chi connectivity index (χ2v) is 4.08. The van der Waals surface area contributed by atoms with Crippen LogP contribution in [0.5, 0.6) is 0 Å². The van der Waals surface area contributed by atoms with Crippen molar-refractivity contribution in [1.29, 1.82) is 0 Å². The van der Waals surface area contributed by atoms with E-state index in [1.54, 1.807) is 0 Å². The maximum atomic E-state index is 9.20. The molecule has 1 N–H and O–H groups in total. The average Bonchev–Trinajstić information content (AvgIpc) is 1.63. The Morgan fingerprint density at radius 2 is 1.40 bits per heavy atom. The van der Waals surface area contributed by atoms with Gasteiger partial charge in [0, 0.05) is 0 Å². The molecule has 0 aromatic rings. The van der Waals surface area contributed by atoms with Gasteiger partial charge in [0.2, 0.25) is 0 Å². The fraction of sp³-hybridized carbons (Fsp3) is 1.00. The Bertz CT molecular complexity index is 148. The maximum Gasteiger partial charge on any atom is 0.413 e. The average molecular weight is 252 g/mol. The Morgan fingerprint density at radius 3 is 1.40 bits per heavy atom. The quantitative estimate of drug-likeness (QED) is 0.572. The second-order valence-electron chi connectivity index (χ2n) is 0.738. The summed E-state index contributed by atoms with van der Waals surface area (Å²) in [6.07, 6.45) is 0. The molecule has 0 unspecified atom stereocenters. The highest BCUT2D eigenvalue weighted by atomic mass is 35.6. The van der Waals surface area contributed by atoms with E-state index in [-0.39, 0.29) is 0 Å². The van der Waals surface area contributed by atoms with E-state index in [9.17, 15) is 8.42 Å². The van der Waals surface area contributed by atoms with Crippen LogP contribution in [0.4, 0.5) is 0 Å². The fourth-order valence-electron chi connectivity index (χ4n) is 0. The molecule has 0 radical (unpaired) electrons. The summed E-state index contributed by atoms with van der Waals surface area (Å²) in [5, 5.41) is 0. The molecule has 0 saturated carbocycles. The molecule has 0 fully saturated rings. The van der Waals surface area contributed by atoms with Crippen LogP contribution in [0.15, 0.2) is 0 Å². The summed E-state index contributed by atoms with van der Waals surface area (Å²) in [5.74, 6) is 0. The lowest BCUT2D eigenvalue weighted by molar-refractivity contribution is 0.400. The van der Waals surface area contributed by atoms with E-state index in [0.29, 0.717) is 0 Å². The van der Waals surface area contributed by atoms with E-state index in [1.165, 1.54) is 0 Å². The summed E-state index contributed by atoms with van der Waals surface area (Å²) in [6.45, 7) is 0. The molecule has 64 valence electrons. The molecular formula is CH2Cl4O4S. The first-order chi connectivity index (χ1) is 4.29. The lowest BCUT2D eigenvalue weighted by Crippen LogP contribution is -1.92. The van der Waals surface area contributed by atoms with Crippen molar-refractivity contribution in [1.82, 2.24) is 0 Å². The van der Waals surface area contributed by atoms with Gasteiger partial charge in [-0.05, 0) is 0 Å². The van der Waals surface area contributed by atoms with Gasteiger partial charge in [-0.15, -0.1) is 3.74 Å². The number of halogens is 4. The van der Waals surface area contributed by atoms with E-state index in [0.717, 1.165) is 0 Å². The molecule has 0 atom stereocenters. The van der Waals surface area contributed by atoms with Crippen LogP contribution in [0.25, 0.3) is 0 Å². The topological polar surface area (TPSA) is 63.6 Å². The van der Waals surface area contributed by atoms with Crippen LogP contribution in [0.3, 0.4) is 0 Å². The molecule has 0 heterocycles. The van der Waals surface area contributed by atoms with Crippen molar-refractivity contribution in [3.05, 3.63) is 0 Å². The molecule has 0 aliphatic heterocycles. The molecule has 4 nitrogen and oxygen atoms in total. The molecular weight excluding hydrogens is 250 g/mol. The SMILES string of the molecule is ClC(Cl)Cl.O=S(=O)(O)OCl. The van der Waals surface area contributed by atoms with Gasteiger partial charge in [-0.25, -0.2) is 0 Å². The Hall–Kier alpha value is 1.03. The first kappa shape index (κ1) is 13.6. The highest BCUT2D eigenvalue weighted by Crippen LogP contribution is 2.03. The summed E-state index contributed by atoms with van der Waals surface area (Å²) in [4.78, 5) is 0. The van der Waals surface area contributed by atoms with Crippen LogP contribution in [-0.2, 0) is 14.1 Å². The molecule has 0 bridgehead atoms. The summed E-state index contributed by atoms with van der Waals surface area (Å²) < 4.78 is 28.0.